The number of anilines is 1. The summed E-state index contributed by atoms with van der Waals surface area (Å²) in [5.41, 5.74) is 1.61. The molecule has 4 rings (SSSR count). The minimum absolute atomic E-state index is 0.111. The summed E-state index contributed by atoms with van der Waals surface area (Å²) in [7, 11) is 0. The van der Waals surface area contributed by atoms with Gasteiger partial charge in [0, 0.05) is 33.2 Å². The number of halogens is 1. The lowest BCUT2D eigenvalue weighted by Gasteiger charge is -2.25. The SMILES string of the molecule is CC(C)(Oc1ccc(C(=O)c2ccc(Cl)cc2)cc1)C(=O)Nc1cccc2[nH]ccc12. The van der Waals surface area contributed by atoms with E-state index in [2.05, 4.69) is 10.3 Å². The van der Waals surface area contributed by atoms with Crippen molar-refractivity contribution in [2.45, 2.75) is 19.4 Å². The van der Waals surface area contributed by atoms with E-state index in [1.54, 1.807) is 62.4 Å². The summed E-state index contributed by atoms with van der Waals surface area (Å²) in [5, 5.41) is 4.44. The van der Waals surface area contributed by atoms with Gasteiger partial charge in [0.1, 0.15) is 5.75 Å². The maximum absolute atomic E-state index is 12.9. The van der Waals surface area contributed by atoms with Crippen LogP contribution in [0.25, 0.3) is 10.9 Å². The topological polar surface area (TPSA) is 71.2 Å². The van der Waals surface area contributed by atoms with E-state index < -0.39 is 5.60 Å². The van der Waals surface area contributed by atoms with Gasteiger partial charge in [0.25, 0.3) is 5.91 Å². The molecule has 0 saturated heterocycles. The molecule has 2 N–H and O–H groups in total. The Hall–Kier alpha value is -3.57. The first-order valence-corrected chi connectivity index (χ1v) is 10.2. The van der Waals surface area contributed by atoms with Gasteiger partial charge in [0.2, 0.25) is 0 Å². The molecule has 1 aromatic heterocycles. The second kappa shape index (κ2) is 8.28. The van der Waals surface area contributed by atoms with E-state index in [-0.39, 0.29) is 11.7 Å². The normalized spacial score (nSPS) is 11.3. The number of aromatic nitrogens is 1. The highest BCUT2D eigenvalue weighted by molar-refractivity contribution is 6.30. The second-order valence-electron chi connectivity index (χ2n) is 7.67. The number of ketones is 1. The van der Waals surface area contributed by atoms with E-state index in [1.807, 2.05) is 30.5 Å². The Balaban J connectivity index is 1.46. The fraction of sp³-hybridized carbons (Fsp3) is 0.120. The van der Waals surface area contributed by atoms with E-state index in [4.69, 9.17) is 16.3 Å². The molecule has 6 heteroatoms. The number of rotatable bonds is 6. The number of hydrogen-bond donors (Lipinski definition) is 2. The summed E-state index contributed by atoms with van der Waals surface area (Å²) >= 11 is 5.88. The molecule has 156 valence electrons. The van der Waals surface area contributed by atoms with Crippen LogP contribution in [0.2, 0.25) is 5.02 Å². The van der Waals surface area contributed by atoms with Crippen LogP contribution in [0.3, 0.4) is 0 Å². The number of hydrogen-bond acceptors (Lipinski definition) is 3. The van der Waals surface area contributed by atoms with Gasteiger partial charge in [0.05, 0.1) is 5.69 Å². The predicted octanol–water partition coefficient (Wildman–Crippen LogP) is 5.85. The molecule has 0 aliphatic carbocycles. The standard InChI is InChI=1S/C25H21ClN2O3/c1-25(2,24(30)28-22-5-3-4-21-20(22)14-15-27-21)31-19-12-8-17(9-13-19)23(29)16-6-10-18(26)11-7-16/h3-15,27H,1-2H3,(H,28,30). The highest BCUT2D eigenvalue weighted by atomic mass is 35.5. The second-order valence-corrected chi connectivity index (χ2v) is 8.11. The molecule has 0 spiro atoms. The van der Waals surface area contributed by atoms with E-state index >= 15 is 0 Å². The van der Waals surface area contributed by atoms with Gasteiger partial charge in [-0.1, -0.05) is 17.7 Å². The summed E-state index contributed by atoms with van der Waals surface area (Å²) < 4.78 is 5.94. The molecule has 5 nitrogen and oxygen atoms in total. The smallest absolute Gasteiger partial charge is 0.267 e. The van der Waals surface area contributed by atoms with Crippen molar-refractivity contribution in [1.82, 2.24) is 4.98 Å². The van der Waals surface area contributed by atoms with E-state index in [0.29, 0.717) is 27.6 Å². The highest BCUT2D eigenvalue weighted by Gasteiger charge is 2.30. The Kier molecular flexibility index (Phi) is 5.53. The largest absolute Gasteiger partial charge is 0.478 e. The first-order valence-electron chi connectivity index (χ1n) is 9.80. The third kappa shape index (κ3) is 4.47. The predicted molar refractivity (Wildman–Crippen MR) is 123 cm³/mol. The Bertz CT molecular complexity index is 1240. The van der Waals surface area contributed by atoms with Gasteiger partial charge < -0.3 is 15.0 Å². The lowest BCUT2D eigenvalue weighted by molar-refractivity contribution is -0.128. The Morgan fingerprint density at radius 3 is 2.23 bits per heavy atom. The summed E-state index contributed by atoms with van der Waals surface area (Å²) in [6.45, 7) is 3.40. The van der Waals surface area contributed by atoms with Crippen molar-refractivity contribution in [3.63, 3.8) is 0 Å². The number of H-pyrrole nitrogens is 1. The van der Waals surface area contributed by atoms with Crippen molar-refractivity contribution in [3.8, 4) is 5.75 Å². The third-order valence-corrected chi connectivity index (χ3v) is 5.24. The lowest BCUT2D eigenvalue weighted by atomic mass is 10.0. The number of carbonyl (C=O) groups excluding carboxylic acids is 2. The Labute approximate surface area is 185 Å². The zero-order chi connectivity index (χ0) is 22.0. The van der Waals surface area contributed by atoms with Gasteiger partial charge in [-0.25, -0.2) is 0 Å². The maximum atomic E-state index is 12.9. The van der Waals surface area contributed by atoms with Crippen LogP contribution in [0.5, 0.6) is 5.75 Å². The Morgan fingerprint density at radius 2 is 1.55 bits per heavy atom. The zero-order valence-electron chi connectivity index (χ0n) is 17.1. The minimum atomic E-state index is -1.12. The molecule has 0 fully saturated rings. The molecule has 1 amide bonds. The molecule has 0 aliphatic heterocycles. The number of ether oxygens (including phenoxy) is 1. The molecule has 1 heterocycles. The van der Waals surface area contributed by atoms with Crippen LogP contribution in [0, 0.1) is 0 Å². The van der Waals surface area contributed by atoms with E-state index in [1.165, 1.54) is 0 Å². The monoisotopic (exact) mass is 432 g/mol. The van der Waals surface area contributed by atoms with E-state index in [9.17, 15) is 9.59 Å². The molecule has 31 heavy (non-hydrogen) atoms. The minimum Gasteiger partial charge on any atom is -0.478 e. The van der Waals surface area contributed by atoms with Crippen molar-refractivity contribution in [2.75, 3.05) is 5.32 Å². The number of amides is 1. The number of carbonyl (C=O) groups is 2. The quantitative estimate of drug-likeness (QED) is 0.375. The number of benzene rings is 3. The summed E-state index contributed by atoms with van der Waals surface area (Å²) in [5.74, 6) is 0.106. The average molecular weight is 433 g/mol. The molecule has 0 saturated carbocycles. The summed E-state index contributed by atoms with van der Waals surface area (Å²) in [4.78, 5) is 28.6. The highest BCUT2D eigenvalue weighted by Crippen LogP contribution is 2.25. The van der Waals surface area contributed by atoms with Gasteiger partial charge in [-0.2, -0.15) is 0 Å². The number of nitrogens with one attached hydrogen (secondary N) is 2. The van der Waals surface area contributed by atoms with Crippen LogP contribution in [0.4, 0.5) is 5.69 Å². The summed E-state index contributed by atoms with van der Waals surface area (Å²) in [6.07, 6.45) is 1.83. The van der Waals surface area contributed by atoms with Crippen LogP contribution in [-0.4, -0.2) is 22.3 Å². The fourth-order valence-corrected chi connectivity index (χ4v) is 3.38. The van der Waals surface area contributed by atoms with Gasteiger partial charge in [-0.15, -0.1) is 0 Å². The summed E-state index contributed by atoms with van der Waals surface area (Å²) in [6, 6.07) is 21.1. The molecule has 0 aliphatic rings. The first-order chi connectivity index (χ1) is 14.8. The third-order valence-electron chi connectivity index (χ3n) is 4.99. The van der Waals surface area contributed by atoms with Crippen molar-refractivity contribution >= 4 is 39.9 Å². The molecule has 3 aromatic carbocycles. The molecular formula is C25H21ClN2O3. The van der Waals surface area contributed by atoms with Crippen molar-refractivity contribution < 1.29 is 14.3 Å². The van der Waals surface area contributed by atoms with Crippen molar-refractivity contribution in [2.24, 2.45) is 0 Å². The first kappa shape index (κ1) is 20.7. The fourth-order valence-electron chi connectivity index (χ4n) is 3.25. The Morgan fingerprint density at radius 1 is 0.903 bits per heavy atom. The van der Waals surface area contributed by atoms with Crippen LogP contribution < -0.4 is 10.1 Å². The molecule has 4 aromatic rings. The average Bonchev–Trinajstić information content (AvgIpc) is 3.24. The van der Waals surface area contributed by atoms with Crippen molar-refractivity contribution in [3.05, 3.63) is 95.1 Å². The van der Waals surface area contributed by atoms with Crippen LogP contribution >= 0.6 is 11.6 Å². The number of fused-ring (bicyclic) bond motifs is 1. The van der Waals surface area contributed by atoms with Crippen LogP contribution in [0.1, 0.15) is 29.8 Å². The van der Waals surface area contributed by atoms with E-state index in [0.717, 1.165) is 10.9 Å². The van der Waals surface area contributed by atoms with Crippen LogP contribution in [-0.2, 0) is 4.79 Å². The van der Waals surface area contributed by atoms with Gasteiger partial charge in [-0.3, -0.25) is 9.59 Å². The molecule has 0 bridgehead atoms. The zero-order valence-corrected chi connectivity index (χ0v) is 17.9. The molecule has 0 radical (unpaired) electrons. The van der Waals surface area contributed by atoms with Crippen LogP contribution in [0.15, 0.2) is 79.0 Å². The number of aromatic amines is 1. The van der Waals surface area contributed by atoms with Gasteiger partial charge >= 0.3 is 0 Å². The molecular weight excluding hydrogens is 412 g/mol. The molecule has 0 atom stereocenters. The lowest BCUT2D eigenvalue weighted by Crippen LogP contribution is -2.42. The molecule has 0 unspecified atom stereocenters. The van der Waals surface area contributed by atoms with Gasteiger partial charge in [0.15, 0.2) is 11.4 Å². The van der Waals surface area contributed by atoms with Crippen molar-refractivity contribution in [1.29, 1.82) is 0 Å². The van der Waals surface area contributed by atoms with Gasteiger partial charge in [-0.05, 0) is 80.6 Å². The maximum Gasteiger partial charge on any atom is 0.267 e.